The van der Waals surface area contributed by atoms with Crippen LogP contribution in [0.15, 0.2) is 42.5 Å². The van der Waals surface area contributed by atoms with Crippen molar-refractivity contribution in [1.29, 1.82) is 0 Å². The minimum Gasteiger partial charge on any atom is -0.870 e. The van der Waals surface area contributed by atoms with Gasteiger partial charge in [0.25, 0.3) is 0 Å². The van der Waals surface area contributed by atoms with E-state index in [9.17, 15) is 0 Å². The van der Waals surface area contributed by atoms with E-state index in [4.69, 9.17) is 0 Å². The summed E-state index contributed by atoms with van der Waals surface area (Å²) < 4.78 is 1.09. The monoisotopic (exact) mass is 371 g/mol. The Bertz CT molecular complexity index is 630. The fourth-order valence-corrected chi connectivity index (χ4v) is 4.00. The second-order valence-corrected chi connectivity index (χ2v) is 8.64. The zero-order valence-corrected chi connectivity index (χ0v) is 17.9. The third-order valence-electron chi connectivity index (χ3n) is 5.60. The third kappa shape index (κ3) is 8.90. The molecule has 0 aliphatic carbocycles. The second-order valence-electron chi connectivity index (χ2n) is 8.64. The van der Waals surface area contributed by atoms with Crippen LogP contribution in [0.1, 0.15) is 76.7 Å². The van der Waals surface area contributed by atoms with E-state index in [1.807, 2.05) is 0 Å². The summed E-state index contributed by atoms with van der Waals surface area (Å²) in [4.78, 5) is 0. The van der Waals surface area contributed by atoms with E-state index in [2.05, 4.69) is 63.5 Å². The number of rotatable bonds is 13. The molecule has 0 radical (unpaired) electrons. The molecule has 27 heavy (non-hydrogen) atoms. The molecule has 2 aromatic carbocycles. The lowest BCUT2D eigenvalue weighted by atomic mass is 10.0. The van der Waals surface area contributed by atoms with Crippen LogP contribution in [0.3, 0.4) is 0 Å². The Hall–Kier alpha value is -1.38. The lowest BCUT2D eigenvalue weighted by molar-refractivity contribution is -0.903. The molecule has 0 saturated heterocycles. The molecular weight excluding hydrogens is 330 g/mol. The van der Waals surface area contributed by atoms with Crippen LogP contribution < -0.4 is 0 Å². The molecule has 0 bridgehead atoms. The predicted molar refractivity (Wildman–Crippen MR) is 118 cm³/mol. The molecule has 0 unspecified atom stereocenters. The Kier molecular flexibility index (Phi) is 11.3. The molecule has 0 saturated carbocycles. The maximum Gasteiger partial charge on any atom is 0.105 e. The van der Waals surface area contributed by atoms with Gasteiger partial charge in [-0.15, -0.1) is 0 Å². The number of quaternary nitrogens is 1. The van der Waals surface area contributed by atoms with Gasteiger partial charge in [-0.3, -0.25) is 0 Å². The first-order valence-electron chi connectivity index (χ1n) is 10.9. The lowest BCUT2D eigenvalue weighted by Gasteiger charge is -2.30. The average molecular weight is 372 g/mol. The molecule has 0 aliphatic heterocycles. The van der Waals surface area contributed by atoms with E-state index in [0.29, 0.717) is 0 Å². The Morgan fingerprint density at radius 2 is 1.22 bits per heavy atom. The van der Waals surface area contributed by atoms with Crippen molar-refractivity contribution in [3.8, 4) is 0 Å². The van der Waals surface area contributed by atoms with Crippen molar-refractivity contribution < 1.29 is 9.96 Å². The first-order valence-corrected chi connectivity index (χ1v) is 10.9. The van der Waals surface area contributed by atoms with Crippen LogP contribution in [0.25, 0.3) is 10.8 Å². The van der Waals surface area contributed by atoms with E-state index >= 15 is 0 Å². The Balaban J connectivity index is 0.00000364. The van der Waals surface area contributed by atoms with Gasteiger partial charge in [0.1, 0.15) is 6.54 Å². The standard InChI is InChI=1S/C25H40N.H2O/c1-4-5-6-7-8-9-10-11-12-15-21-26(2,3)22-24-19-16-18-23-17-13-14-20-25(23)24;/h13-14,16-20H,4-12,15,21-22H2,1-3H3;1H2/q+1;/p-1. The number of benzene rings is 2. The summed E-state index contributed by atoms with van der Waals surface area (Å²) in [6.07, 6.45) is 14.2. The fourth-order valence-electron chi connectivity index (χ4n) is 4.00. The molecule has 2 nitrogen and oxygen atoms in total. The number of unbranched alkanes of at least 4 members (excludes halogenated alkanes) is 9. The molecule has 2 heteroatoms. The van der Waals surface area contributed by atoms with E-state index in [0.717, 1.165) is 11.0 Å². The van der Waals surface area contributed by atoms with Gasteiger partial charge in [-0.05, 0) is 23.6 Å². The SMILES string of the molecule is CCCCCCCCCCCC[N+](C)(C)Cc1cccc2ccccc12.[OH-]. The first-order chi connectivity index (χ1) is 12.6. The zero-order chi connectivity index (χ0) is 18.7. The van der Waals surface area contributed by atoms with Crippen molar-refractivity contribution in [3.05, 3.63) is 48.0 Å². The summed E-state index contributed by atoms with van der Waals surface area (Å²) in [5.74, 6) is 0. The summed E-state index contributed by atoms with van der Waals surface area (Å²) in [6.45, 7) is 4.69. The molecule has 2 rings (SSSR count). The second kappa shape index (κ2) is 12.9. The summed E-state index contributed by atoms with van der Waals surface area (Å²) in [5, 5.41) is 2.79. The van der Waals surface area contributed by atoms with Gasteiger partial charge in [0.05, 0.1) is 20.6 Å². The summed E-state index contributed by atoms with van der Waals surface area (Å²) in [5.41, 5.74) is 1.49. The minimum absolute atomic E-state index is 0. The van der Waals surface area contributed by atoms with E-state index in [1.165, 1.54) is 87.1 Å². The molecule has 0 fully saturated rings. The van der Waals surface area contributed by atoms with Gasteiger partial charge in [-0.2, -0.15) is 0 Å². The third-order valence-corrected chi connectivity index (χ3v) is 5.60. The van der Waals surface area contributed by atoms with Crippen molar-refractivity contribution >= 4 is 10.8 Å². The molecule has 152 valence electrons. The van der Waals surface area contributed by atoms with Gasteiger partial charge in [0.2, 0.25) is 0 Å². The molecule has 0 amide bonds. The normalized spacial score (nSPS) is 11.5. The quantitative estimate of drug-likeness (QED) is 0.271. The highest BCUT2D eigenvalue weighted by molar-refractivity contribution is 5.85. The predicted octanol–water partition coefficient (Wildman–Crippen LogP) is 7.16. The van der Waals surface area contributed by atoms with Gasteiger partial charge in [-0.25, -0.2) is 0 Å². The average Bonchev–Trinajstić information content (AvgIpc) is 2.63. The highest BCUT2D eigenvalue weighted by Gasteiger charge is 2.16. The molecular formula is C25H41NO. The summed E-state index contributed by atoms with van der Waals surface area (Å²) in [7, 11) is 4.77. The topological polar surface area (TPSA) is 30.0 Å². The van der Waals surface area contributed by atoms with Crippen LogP contribution in [0.2, 0.25) is 0 Å². The van der Waals surface area contributed by atoms with Crippen LogP contribution in [0.4, 0.5) is 0 Å². The molecule has 1 N–H and O–H groups in total. The van der Waals surface area contributed by atoms with E-state index in [-0.39, 0.29) is 5.48 Å². The molecule has 0 heterocycles. The minimum atomic E-state index is 0. The van der Waals surface area contributed by atoms with Gasteiger partial charge in [-0.1, -0.05) is 101 Å². The van der Waals surface area contributed by atoms with Gasteiger partial charge in [0, 0.05) is 5.56 Å². The van der Waals surface area contributed by atoms with Crippen molar-refractivity contribution in [1.82, 2.24) is 0 Å². The lowest BCUT2D eigenvalue weighted by Crippen LogP contribution is -2.39. The Morgan fingerprint density at radius 1 is 0.667 bits per heavy atom. The van der Waals surface area contributed by atoms with Crippen LogP contribution in [-0.4, -0.2) is 30.6 Å². The van der Waals surface area contributed by atoms with Gasteiger partial charge in [0.15, 0.2) is 0 Å². The fraction of sp³-hybridized carbons (Fsp3) is 0.600. The van der Waals surface area contributed by atoms with Crippen molar-refractivity contribution in [3.63, 3.8) is 0 Å². The van der Waals surface area contributed by atoms with Crippen molar-refractivity contribution in [2.45, 2.75) is 77.7 Å². The van der Waals surface area contributed by atoms with Gasteiger partial charge < -0.3 is 9.96 Å². The van der Waals surface area contributed by atoms with Crippen LogP contribution in [0.5, 0.6) is 0 Å². The maximum atomic E-state index is 2.38. The first kappa shape index (κ1) is 23.7. The maximum absolute atomic E-state index is 2.38. The Labute approximate surface area is 167 Å². The number of fused-ring (bicyclic) bond motifs is 1. The molecule has 2 aromatic rings. The summed E-state index contributed by atoms with van der Waals surface area (Å²) in [6, 6.07) is 15.5. The zero-order valence-electron chi connectivity index (χ0n) is 17.9. The molecule has 0 spiro atoms. The van der Waals surface area contributed by atoms with E-state index < -0.39 is 0 Å². The van der Waals surface area contributed by atoms with Gasteiger partial charge >= 0.3 is 0 Å². The Morgan fingerprint density at radius 3 is 1.89 bits per heavy atom. The van der Waals surface area contributed by atoms with Crippen LogP contribution in [-0.2, 0) is 6.54 Å². The number of hydrogen-bond donors (Lipinski definition) is 0. The highest BCUT2D eigenvalue weighted by Crippen LogP contribution is 2.22. The van der Waals surface area contributed by atoms with Crippen LogP contribution >= 0.6 is 0 Å². The van der Waals surface area contributed by atoms with Crippen molar-refractivity contribution in [2.24, 2.45) is 0 Å². The highest BCUT2D eigenvalue weighted by atomic mass is 16.0. The van der Waals surface area contributed by atoms with Crippen LogP contribution in [0, 0.1) is 0 Å². The molecule has 0 atom stereocenters. The molecule has 0 aromatic heterocycles. The van der Waals surface area contributed by atoms with Crippen molar-refractivity contribution in [2.75, 3.05) is 20.6 Å². The number of nitrogens with zero attached hydrogens (tertiary/aromatic N) is 1. The van der Waals surface area contributed by atoms with E-state index in [1.54, 1.807) is 0 Å². The largest absolute Gasteiger partial charge is 0.870 e. The number of hydrogen-bond acceptors (Lipinski definition) is 1. The molecule has 0 aliphatic rings. The smallest absolute Gasteiger partial charge is 0.105 e. The summed E-state index contributed by atoms with van der Waals surface area (Å²) >= 11 is 0.